The van der Waals surface area contributed by atoms with Crippen molar-refractivity contribution in [3.05, 3.63) is 71.8 Å². The predicted molar refractivity (Wildman–Crippen MR) is 123 cm³/mol. The van der Waals surface area contributed by atoms with Crippen molar-refractivity contribution in [3.8, 4) is 0 Å². The van der Waals surface area contributed by atoms with Gasteiger partial charge in [-0.2, -0.15) is 0 Å². The van der Waals surface area contributed by atoms with Crippen molar-refractivity contribution >= 4 is 17.7 Å². The van der Waals surface area contributed by atoms with Crippen molar-refractivity contribution in [2.45, 2.75) is 63.1 Å². The molecule has 2 aromatic carbocycles. The van der Waals surface area contributed by atoms with Crippen LogP contribution in [-0.2, 0) is 17.8 Å². The Morgan fingerprint density at radius 1 is 1.00 bits per heavy atom. The van der Waals surface area contributed by atoms with E-state index in [0.29, 0.717) is 23.7 Å². The maximum atomic E-state index is 13.8. The minimum atomic E-state index is -0.0712. The second-order valence-electron chi connectivity index (χ2n) is 9.29. The topological polar surface area (TPSA) is 20.3 Å². The van der Waals surface area contributed by atoms with Crippen LogP contribution in [0.25, 0.3) is 0 Å². The van der Waals surface area contributed by atoms with Gasteiger partial charge >= 0.3 is 0 Å². The molecule has 1 spiro atoms. The van der Waals surface area contributed by atoms with Crippen LogP contribution in [0.1, 0.15) is 51.2 Å². The standard InChI is InChI=1S/C26H33NOS/c1-19(2)23-15-14-20(3)17-26(23)27(18-22-12-8-5-9-13-22)25(28)24(29-26)16-21-10-6-4-7-11-21/h4-13,19-20,23-24H,14-18H2,1-3H3/t20-,23+,24?,26+/m1/s1. The largest absolute Gasteiger partial charge is 0.322 e. The molecule has 2 fully saturated rings. The molecule has 154 valence electrons. The van der Waals surface area contributed by atoms with Gasteiger partial charge < -0.3 is 4.90 Å². The van der Waals surface area contributed by atoms with Gasteiger partial charge in [0.2, 0.25) is 5.91 Å². The minimum Gasteiger partial charge on any atom is -0.322 e. The highest BCUT2D eigenvalue weighted by Crippen LogP contribution is 2.57. The molecule has 1 unspecified atom stereocenters. The van der Waals surface area contributed by atoms with Crippen molar-refractivity contribution in [1.29, 1.82) is 0 Å². The number of hydrogen-bond acceptors (Lipinski definition) is 2. The van der Waals surface area contributed by atoms with Gasteiger partial charge in [0.05, 0.1) is 10.1 Å². The smallest absolute Gasteiger partial charge is 0.237 e. The Hall–Kier alpha value is -1.74. The molecule has 2 nitrogen and oxygen atoms in total. The molecule has 0 bridgehead atoms. The summed E-state index contributed by atoms with van der Waals surface area (Å²) in [6.07, 6.45) is 4.45. The van der Waals surface area contributed by atoms with Gasteiger partial charge in [-0.1, -0.05) is 87.9 Å². The summed E-state index contributed by atoms with van der Waals surface area (Å²) < 4.78 is 0. The van der Waals surface area contributed by atoms with E-state index in [1.54, 1.807) is 0 Å². The van der Waals surface area contributed by atoms with Crippen LogP contribution in [0.15, 0.2) is 60.7 Å². The zero-order valence-corrected chi connectivity index (χ0v) is 18.7. The fourth-order valence-electron chi connectivity index (χ4n) is 5.40. The monoisotopic (exact) mass is 407 g/mol. The van der Waals surface area contributed by atoms with Crippen molar-refractivity contribution in [1.82, 2.24) is 4.90 Å². The van der Waals surface area contributed by atoms with Crippen molar-refractivity contribution < 1.29 is 4.79 Å². The van der Waals surface area contributed by atoms with Gasteiger partial charge in [0.25, 0.3) is 0 Å². The van der Waals surface area contributed by atoms with E-state index in [4.69, 9.17) is 0 Å². The highest BCUT2D eigenvalue weighted by molar-refractivity contribution is 8.02. The van der Waals surface area contributed by atoms with E-state index < -0.39 is 0 Å². The summed E-state index contributed by atoms with van der Waals surface area (Å²) in [5.74, 6) is 2.13. The lowest BCUT2D eigenvalue weighted by molar-refractivity contribution is -0.136. The van der Waals surface area contributed by atoms with Crippen LogP contribution in [0.2, 0.25) is 0 Å². The van der Waals surface area contributed by atoms with Crippen molar-refractivity contribution in [3.63, 3.8) is 0 Å². The molecule has 1 aliphatic carbocycles. The first kappa shape index (κ1) is 20.5. The first-order chi connectivity index (χ1) is 14.0. The number of rotatable bonds is 5. The van der Waals surface area contributed by atoms with E-state index in [1.165, 1.54) is 24.0 Å². The molecular weight excluding hydrogens is 374 g/mol. The molecule has 1 amide bonds. The molecule has 1 heterocycles. The summed E-state index contributed by atoms with van der Waals surface area (Å²) in [5, 5.41) is 0.0210. The van der Waals surface area contributed by atoms with Crippen LogP contribution in [0, 0.1) is 17.8 Å². The van der Waals surface area contributed by atoms with Crippen LogP contribution in [0.4, 0.5) is 0 Å². The van der Waals surface area contributed by atoms with E-state index in [9.17, 15) is 4.79 Å². The van der Waals surface area contributed by atoms with Crippen molar-refractivity contribution in [2.75, 3.05) is 0 Å². The summed E-state index contributed by atoms with van der Waals surface area (Å²) in [4.78, 5) is 16.0. The van der Waals surface area contributed by atoms with Gasteiger partial charge in [0.1, 0.15) is 0 Å². The Kier molecular flexibility index (Phi) is 6.06. The third-order valence-corrected chi connectivity index (χ3v) is 8.54. The average Bonchev–Trinajstić information content (AvgIpc) is 2.95. The van der Waals surface area contributed by atoms with E-state index >= 15 is 0 Å². The quantitative estimate of drug-likeness (QED) is 0.591. The van der Waals surface area contributed by atoms with Crippen LogP contribution in [0.3, 0.4) is 0 Å². The molecular formula is C26H33NOS. The Bertz CT molecular complexity index is 821. The third-order valence-electron chi connectivity index (χ3n) is 6.79. The number of hydrogen-bond donors (Lipinski definition) is 0. The van der Waals surface area contributed by atoms with E-state index in [1.807, 2.05) is 17.8 Å². The minimum absolute atomic E-state index is 0.0210. The maximum Gasteiger partial charge on any atom is 0.237 e. The summed E-state index contributed by atoms with van der Waals surface area (Å²) >= 11 is 1.98. The van der Waals surface area contributed by atoms with E-state index in [-0.39, 0.29) is 10.1 Å². The first-order valence-corrected chi connectivity index (χ1v) is 11.9. The normalized spacial score (nSPS) is 29.7. The molecule has 1 aliphatic heterocycles. The number of carbonyl (C=O) groups excluding carboxylic acids is 1. The van der Waals surface area contributed by atoms with Gasteiger partial charge in [0.15, 0.2) is 0 Å². The van der Waals surface area contributed by atoms with Gasteiger partial charge in [0, 0.05) is 6.54 Å². The predicted octanol–water partition coefficient (Wildman–Crippen LogP) is 6.16. The zero-order valence-electron chi connectivity index (χ0n) is 17.9. The molecule has 2 aliphatic rings. The fraction of sp³-hybridized carbons (Fsp3) is 0.500. The number of thioether (sulfide) groups is 1. The second kappa shape index (κ2) is 8.55. The molecule has 29 heavy (non-hydrogen) atoms. The summed E-state index contributed by atoms with van der Waals surface area (Å²) in [6, 6.07) is 21.1. The summed E-state index contributed by atoms with van der Waals surface area (Å²) in [7, 11) is 0. The van der Waals surface area contributed by atoms with Crippen molar-refractivity contribution in [2.24, 2.45) is 17.8 Å². The Morgan fingerprint density at radius 3 is 2.24 bits per heavy atom. The second-order valence-corrected chi connectivity index (χ2v) is 10.8. The van der Waals surface area contributed by atoms with Gasteiger partial charge in [-0.05, 0) is 48.1 Å². The highest BCUT2D eigenvalue weighted by Gasteiger charge is 2.57. The zero-order chi connectivity index (χ0) is 20.4. The molecule has 0 N–H and O–H groups in total. The average molecular weight is 408 g/mol. The molecule has 1 saturated carbocycles. The Morgan fingerprint density at radius 2 is 1.62 bits per heavy atom. The maximum absolute atomic E-state index is 13.8. The van der Waals surface area contributed by atoms with Crippen LogP contribution in [0.5, 0.6) is 0 Å². The SMILES string of the molecule is CC(C)[C@@H]1CC[C@@H](C)C[C@]12SC(Cc1ccccc1)C(=O)N2Cc1ccccc1. The molecule has 3 heteroatoms. The number of nitrogens with zero attached hydrogens (tertiary/aromatic N) is 1. The number of benzene rings is 2. The lowest BCUT2D eigenvalue weighted by atomic mass is 9.72. The lowest BCUT2D eigenvalue weighted by Gasteiger charge is -2.50. The Labute approximate surface area is 180 Å². The van der Waals surface area contributed by atoms with Gasteiger partial charge in [-0.25, -0.2) is 0 Å². The molecule has 1 saturated heterocycles. The van der Waals surface area contributed by atoms with E-state index in [0.717, 1.165) is 19.4 Å². The van der Waals surface area contributed by atoms with Crippen LogP contribution < -0.4 is 0 Å². The van der Waals surface area contributed by atoms with Crippen LogP contribution in [-0.4, -0.2) is 20.9 Å². The summed E-state index contributed by atoms with van der Waals surface area (Å²) in [5.41, 5.74) is 2.50. The molecule has 0 aromatic heterocycles. The van der Waals surface area contributed by atoms with E-state index in [2.05, 4.69) is 80.3 Å². The summed E-state index contributed by atoms with van der Waals surface area (Å²) in [6.45, 7) is 7.79. The molecule has 4 rings (SSSR count). The molecule has 2 aromatic rings. The third kappa shape index (κ3) is 4.12. The fourth-order valence-corrected chi connectivity index (χ4v) is 7.62. The molecule has 4 atom stereocenters. The number of amides is 1. The first-order valence-electron chi connectivity index (χ1n) is 11.1. The van der Waals surface area contributed by atoms with Crippen LogP contribution >= 0.6 is 11.8 Å². The highest BCUT2D eigenvalue weighted by atomic mass is 32.2. The number of carbonyl (C=O) groups is 1. The van der Waals surface area contributed by atoms with Gasteiger partial charge in [-0.3, -0.25) is 4.79 Å². The lowest BCUT2D eigenvalue weighted by Crippen LogP contribution is -2.53. The Balaban J connectivity index is 1.70. The molecule has 0 radical (unpaired) electrons. The van der Waals surface area contributed by atoms with Gasteiger partial charge in [-0.15, -0.1) is 11.8 Å².